The maximum atomic E-state index is 12.3. The van der Waals surface area contributed by atoms with Crippen LogP contribution in [0.5, 0.6) is 0 Å². The molecule has 6 nitrogen and oxygen atoms in total. The van der Waals surface area contributed by atoms with Crippen molar-refractivity contribution in [3.8, 4) is 0 Å². The quantitative estimate of drug-likeness (QED) is 0.862. The smallest absolute Gasteiger partial charge is 0.291 e. The van der Waals surface area contributed by atoms with Gasteiger partial charge < -0.3 is 0 Å². The van der Waals surface area contributed by atoms with E-state index in [1.54, 1.807) is 11.1 Å². The Balaban J connectivity index is 1.98. The predicted molar refractivity (Wildman–Crippen MR) is 80.7 cm³/mol. The van der Waals surface area contributed by atoms with Crippen LogP contribution >= 0.6 is 0 Å². The molecule has 0 spiro atoms. The van der Waals surface area contributed by atoms with Gasteiger partial charge in [0.15, 0.2) is 0 Å². The van der Waals surface area contributed by atoms with Crippen molar-refractivity contribution in [1.29, 1.82) is 0 Å². The topological polar surface area (TPSA) is 75.2 Å². The number of urea groups is 1. The minimum Gasteiger partial charge on any atom is -0.291 e. The van der Waals surface area contributed by atoms with Gasteiger partial charge in [-0.15, -0.1) is 0 Å². The average molecular weight is 302 g/mol. The minimum absolute atomic E-state index is 0.221. The largest absolute Gasteiger partial charge is 0.327 e. The second-order valence-electron chi connectivity index (χ2n) is 4.78. The number of carbonyl (C=O) groups is 1. The highest BCUT2D eigenvalue weighted by Crippen LogP contribution is 2.28. The highest BCUT2D eigenvalue weighted by Gasteiger charge is 2.26. The van der Waals surface area contributed by atoms with Crippen molar-refractivity contribution in [2.24, 2.45) is 0 Å². The summed E-state index contributed by atoms with van der Waals surface area (Å²) in [4.78, 5) is 22.1. The third-order valence-corrected chi connectivity index (χ3v) is 4.02. The van der Waals surface area contributed by atoms with Crippen LogP contribution in [-0.2, 0) is 17.3 Å². The number of nitrogens with zero attached hydrogens (tertiary/aromatic N) is 3. The van der Waals surface area contributed by atoms with Crippen molar-refractivity contribution in [1.82, 2.24) is 9.97 Å². The van der Waals surface area contributed by atoms with Crippen LogP contribution in [0.2, 0.25) is 0 Å². The van der Waals surface area contributed by atoms with Crippen LogP contribution in [0.3, 0.4) is 0 Å². The Morgan fingerprint density at radius 3 is 2.81 bits per heavy atom. The summed E-state index contributed by atoms with van der Waals surface area (Å²) < 4.78 is 11.4. The summed E-state index contributed by atoms with van der Waals surface area (Å²) in [6.07, 6.45) is 3.12. The standard InChI is InChI=1S/C14H14N4O2S/c1-9-5-3-4-6-11(9)18-8-10-7-15-13(21(2)20)16-12(10)17-14(18)19/h3-7H,8H2,1-2H3,(H,15,16,17,19). The Labute approximate surface area is 124 Å². The number of fused-ring (bicyclic) bond motifs is 1. The third kappa shape index (κ3) is 2.52. The fraction of sp³-hybridized carbons (Fsp3) is 0.214. The third-order valence-electron chi connectivity index (χ3n) is 3.30. The lowest BCUT2D eigenvalue weighted by atomic mass is 10.1. The zero-order valence-electron chi connectivity index (χ0n) is 11.7. The van der Waals surface area contributed by atoms with Crippen LogP contribution in [-0.4, -0.2) is 26.5 Å². The Bertz CT molecular complexity index is 748. The molecule has 1 aromatic carbocycles. The number of nitrogens with one attached hydrogen (secondary N) is 1. The predicted octanol–water partition coefficient (Wildman–Crippen LogP) is 2.07. The monoisotopic (exact) mass is 302 g/mol. The first-order valence-electron chi connectivity index (χ1n) is 6.40. The van der Waals surface area contributed by atoms with E-state index < -0.39 is 10.8 Å². The Kier molecular flexibility index (Phi) is 3.42. The van der Waals surface area contributed by atoms with Crippen LogP contribution in [0.15, 0.2) is 35.6 Å². The first-order valence-corrected chi connectivity index (χ1v) is 7.95. The van der Waals surface area contributed by atoms with E-state index in [-0.39, 0.29) is 11.2 Å². The number of amides is 2. The number of hydrogen-bond acceptors (Lipinski definition) is 4. The molecule has 108 valence electrons. The number of anilines is 2. The van der Waals surface area contributed by atoms with E-state index in [1.807, 2.05) is 31.2 Å². The lowest BCUT2D eigenvalue weighted by molar-refractivity contribution is 0.255. The molecule has 0 fully saturated rings. The van der Waals surface area contributed by atoms with Gasteiger partial charge in [-0.05, 0) is 18.6 Å². The van der Waals surface area contributed by atoms with Gasteiger partial charge in [-0.1, -0.05) is 18.2 Å². The molecule has 2 amide bonds. The zero-order chi connectivity index (χ0) is 15.0. The van der Waals surface area contributed by atoms with Crippen molar-refractivity contribution in [3.05, 3.63) is 41.6 Å². The SMILES string of the molecule is Cc1ccccc1N1Cc2cnc(S(C)=O)nc2NC1=O. The van der Waals surface area contributed by atoms with E-state index in [2.05, 4.69) is 15.3 Å². The summed E-state index contributed by atoms with van der Waals surface area (Å²) in [7, 11) is -1.27. The van der Waals surface area contributed by atoms with Gasteiger partial charge in [0, 0.05) is 23.7 Å². The highest BCUT2D eigenvalue weighted by atomic mass is 32.2. The van der Waals surface area contributed by atoms with Crippen molar-refractivity contribution < 1.29 is 9.00 Å². The maximum absolute atomic E-state index is 12.3. The average Bonchev–Trinajstić information content (AvgIpc) is 2.46. The maximum Gasteiger partial charge on any atom is 0.327 e. The summed E-state index contributed by atoms with van der Waals surface area (Å²) in [6.45, 7) is 2.35. The molecule has 2 aromatic rings. The van der Waals surface area contributed by atoms with Crippen LogP contribution in [0.4, 0.5) is 16.3 Å². The molecule has 1 atom stereocenters. The molecule has 1 aromatic heterocycles. The van der Waals surface area contributed by atoms with Crippen molar-refractivity contribution in [2.45, 2.75) is 18.6 Å². The van der Waals surface area contributed by atoms with Gasteiger partial charge >= 0.3 is 6.03 Å². The molecule has 0 saturated carbocycles. The van der Waals surface area contributed by atoms with Gasteiger partial charge in [0.05, 0.1) is 17.3 Å². The second kappa shape index (κ2) is 5.25. The number of aryl methyl sites for hydroxylation is 1. The molecule has 0 aliphatic carbocycles. The molecule has 0 saturated heterocycles. The summed E-state index contributed by atoms with van der Waals surface area (Å²) in [5, 5.41) is 2.95. The molecule has 1 aliphatic rings. The molecular formula is C14H14N4O2S. The van der Waals surface area contributed by atoms with Crippen LogP contribution in [0.1, 0.15) is 11.1 Å². The van der Waals surface area contributed by atoms with Crippen molar-refractivity contribution >= 4 is 28.3 Å². The molecule has 0 bridgehead atoms. The number of benzene rings is 1. The summed E-state index contributed by atoms with van der Waals surface area (Å²) >= 11 is 0. The molecule has 7 heteroatoms. The minimum atomic E-state index is -1.27. The fourth-order valence-electron chi connectivity index (χ4n) is 2.22. The van der Waals surface area contributed by atoms with Gasteiger partial charge in [0.2, 0.25) is 5.16 Å². The molecular weight excluding hydrogens is 288 g/mol. The van der Waals surface area contributed by atoms with E-state index in [0.717, 1.165) is 16.8 Å². The lowest BCUT2D eigenvalue weighted by Gasteiger charge is -2.29. The number of para-hydroxylation sites is 1. The van der Waals surface area contributed by atoms with E-state index >= 15 is 0 Å². The van der Waals surface area contributed by atoms with Crippen molar-refractivity contribution in [2.75, 3.05) is 16.5 Å². The number of rotatable bonds is 2. The van der Waals surface area contributed by atoms with Crippen LogP contribution in [0, 0.1) is 6.92 Å². The molecule has 0 radical (unpaired) electrons. The molecule has 1 N–H and O–H groups in total. The lowest BCUT2D eigenvalue weighted by Crippen LogP contribution is -2.39. The van der Waals surface area contributed by atoms with Gasteiger partial charge in [-0.2, -0.15) is 0 Å². The Morgan fingerprint density at radius 2 is 2.10 bits per heavy atom. The zero-order valence-corrected chi connectivity index (χ0v) is 12.5. The first-order chi connectivity index (χ1) is 10.1. The van der Waals surface area contributed by atoms with Gasteiger partial charge in [-0.25, -0.2) is 14.8 Å². The number of aromatic nitrogens is 2. The number of carbonyl (C=O) groups excluding carboxylic acids is 1. The van der Waals surface area contributed by atoms with E-state index in [1.165, 1.54) is 6.26 Å². The van der Waals surface area contributed by atoms with Crippen LogP contribution < -0.4 is 10.2 Å². The van der Waals surface area contributed by atoms with E-state index in [4.69, 9.17) is 0 Å². The van der Waals surface area contributed by atoms with E-state index in [9.17, 15) is 9.00 Å². The Hall–Kier alpha value is -2.28. The first kappa shape index (κ1) is 13.7. The Morgan fingerprint density at radius 1 is 1.33 bits per heavy atom. The normalized spacial score (nSPS) is 15.3. The second-order valence-corrected chi connectivity index (χ2v) is 6.06. The van der Waals surface area contributed by atoms with Crippen molar-refractivity contribution in [3.63, 3.8) is 0 Å². The fourth-order valence-corrected chi connectivity index (χ4v) is 2.65. The molecule has 2 heterocycles. The van der Waals surface area contributed by atoms with Gasteiger partial charge in [0.1, 0.15) is 5.82 Å². The molecule has 1 aliphatic heterocycles. The molecule has 21 heavy (non-hydrogen) atoms. The highest BCUT2D eigenvalue weighted by molar-refractivity contribution is 7.84. The molecule has 1 unspecified atom stereocenters. The molecule has 3 rings (SSSR count). The summed E-state index contributed by atoms with van der Waals surface area (Å²) in [5.41, 5.74) is 2.67. The number of hydrogen-bond donors (Lipinski definition) is 1. The van der Waals surface area contributed by atoms with Gasteiger partial charge in [0.25, 0.3) is 0 Å². The van der Waals surface area contributed by atoms with Crippen LogP contribution in [0.25, 0.3) is 0 Å². The van der Waals surface area contributed by atoms with Gasteiger partial charge in [-0.3, -0.25) is 14.4 Å². The summed E-state index contributed by atoms with van der Waals surface area (Å²) in [6, 6.07) is 7.43. The summed E-state index contributed by atoms with van der Waals surface area (Å²) in [5.74, 6) is 0.435. The van der Waals surface area contributed by atoms with E-state index in [0.29, 0.717) is 12.4 Å².